The summed E-state index contributed by atoms with van der Waals surface area (Å²) in [5.74, 6) is -0.139. The lowest BCUT2D eigenvalue weighted by molar-refractivity contribution is -0.150. The molecule has 0 bridgehead atoms. The van der Waals surface area contributed by atoms with E-state index in [0.29, 0.717) is 18.1 Å². The fraction of sp³-hybridized carbons (Fsp3) is 0.545. The topological polar surface area (TPSA) is 81.8 Å². The zero-order chi connectivity index (χ0) is 22.6. The molecular formula is C22H26F3NO5. The van der Waals surface area contributed by atoms with Crippen molar-refractivity contribution in [2.75, 3.05) is 6.61 Å². The van der Waals surface area contributed by atoms with E-state index in [1.807, 2.05) is 0 Å². The summed E-state index contributed by atoms with van der Waals surface area (Å²) in [7, 11) is 0. The third kappa shape index (κ3) is 6.30. The van der Waals surface area contributed by atoms with Crippen LogP contribution in [0.3, 0.4) is 0 Å². The highest BCUT2D eigenvalue weighted by atomic mass is 19.4. The first-order valence-corrected chi connectivity index (χ1v) is 10.2. The summed E-state index contributed by atoms with van der Waals surface area (Å²) in [6, 6.07) is 4.86. The van der Waals surface area contributed by atoms with Crippen molar-refractivity contribution in [3.8, 4) is 11.5 Å². The second-order valence-electron chi connectivity index (χ2n) is 7.88. The van der Waals surface area contributed by atoms with Gasteiger partial charge in [-0.3, -0.25) is 0 Å². The zero-order valence-corrected chi connectivity index (χ0v) is 17.4. The van der Waals surface area contributed by atoms with Crippen LogP contribution in [0.25, 0.3) is 11.5 Å². The first-order chi connectivity index (χ1) is 14.6. The van der Waals surface area contributed by atoms with Crippen LogP contribution in [0, 0.1) is 12.8 Å². The molecular weight excluding hydrogens is 415 g/mol. The van der Waals surface area contributed by atoms with E-state index in [0.717, 1.165) is 37.8 Å². The Morgan fingerprint density at radius 2 is 2.13 bits per heavy atom. The number of hydrogen-bond acceptors (Lipinski definition) is 5. The molecule has 6 nitrogen and oxygen atoms in total. The van der Waals surface area contributed by atoms with Crippen LogP contribution >= 0.6 is 0 Å². The summed E-state index contributed by atoms with van der Waals surface area (Å²) in [5.41, 5.74) is 0.0447. The van der Waals surface area contributed by atoms with E-state index in [1.165, 1.54) is 19.1 Å². The molecule has 1 aromatic carbocycles. The Bertz CT molecular complexity index is 896. The molecule has 1 N–H and O–H groups in total. The summed E-state index contributed by atoms with van der Waals surface area (Å²) in [5, 5.41) is 8.92. The van der Waals surface area contributed by atoms with Gasteiger partial charge in [-0.25, -0.2) is 9.78 Å². The number of hydrogen-bond donors (Lipinski definition) is 1. The summed E-state index contributed by atoms with van der Waals surface area (Å²) in [6.45, 7) is 3.77. The predicted molar refractivity (Wildman–Crippen MR) is 105 cm³/mol. The van der Waals surface area contributed by atoms with Gasteiger partial charge in [0, 0.05) is 5.56 Å². The van der Waals surface area contributed by atoms with Crippen LogP contribution in [0.4, 0.5) is 13.2 Å². The fourth-order valence-corrected chi connectivity index (χ4v) is 3.61. The normalized spacial score (nSPS) is 20.5. The van der Waals surface area contributed by atoms with Crippen LogP contribution in [0.15, 0.2) is 28.7 Å². The van der Waals surface area contributed by atoms with Crippen molar-refractivity contribution < 1.29 is 37.0 Å². The number of aliphatic carboxylic acids is 1. The lowest BCUT2D eigenvalue weighted by Gasteiger charge is -2.29. The molecule has 1 heterocycles. The molecule has 0 radical (unpaired) electrons. The van der Waals surface area contributed by atoms with Gasteiger partial charge in [0.15, 0.2) is 6.10 Å². The Labute approximate surface area is 178 Å². The number of benzene rings is 1. The maximum absolute atomic E-state index is 13.0. The smallest absolute Gasteiger partial charge is 0.416 e. The molecule has 0 aliphatic heterocycles. The number of nitrogens with zero attached hydrogens (tertiary/aromatic N) is 1. The quantitative estimate of drug-likeness (QED) is 0.604. The summed E-state index contributed by atoms with van der Waals surface area (Å²) < 4.78 is 55.8. The largest absolute Gasteiger partial charge is 0.479 e. The summed E-state index contributed by atoms with van der Waals surface area (Å²) in [6.07, 6.45) is -1.76. The number of aryl methyl sites for hydroxylation is 1. The molecule has 1 aliphatic carbocycles. The maximum Gasteiger partial charge on any atom is 0.416 e. The number of carbonyl (C=O) groups is 1. The molecule has 2 aromatic rings. The van der Waals surface area contributed by atoms with E-state index in [2.05, 4.69) is 4.98 Å². The number of halogens is 3. The first-order valence-electron chi connectivity index (χ1n) is 10.2. The van der Waals surface area contributed by atoms with Gasteiger partial charge in [0.1, 0.15) is 11.5 Å². The monoisotopic (exact) mass is 441 g/mol. The van der Waals surface area contributed by atoms with E-state index < -0.39 is 23.8 Å². The Hall–Kier alpha value is -2.39. The minimum absolute atomic E-state index is 0.0180. The Morgan fingerprint density at radius 3 is 2.84 bits per heavy atom. The van der Waals surface area contributed by atoms with Gasteiger partial charge in [-0.15, -0.1) is 0 Å². The third-order valence-electron chi connectivity index (χ3n) is 5.45. The molecule has 0 amide bonds. The Kier molecular flexibility index (Phi) is 7.38. The average molecular weight is 441 g/mol. The summed E-state index contributed by atoms with van der Waals surface area (Å²) >= 11 is 0. The Morgan fingerprint density at radius 1 is 1.35 bits per heavy atom. The number of rotatable bonds is 8. The van der Waals surface area contributed by atoms with Crippen LogP contribution in [0.5, 0.6) is 0 Å². The van der Waals surface area contributed by atoms with Gasteiger partial charge >= 0.3 is 12.1 Å². The maximum atomic E-state index is 13.0. The molecule has 0 saturated heterocycles. The molecule has 31 heavy (non-hydrogen) atoms. The van der Waals surface area contributed by atoms with Crippen LogP contribution < -0.4 is 0 Å². The minimum Gasteiger partial charge on any atom is -0.479 e. The predicted octanol–water partition coefficient (Wildman–Crippen LogP) is 5.23. The standard InChI is InChI=1S/C22H26F3NO5/c1-13-19(26-20(31-13)16-6-4-7-17(10-16)22(23,24)25)12-30-18-8-3-5-15(9-18)11-29-14(2)21(27)28/h4,6-7,10,14-15,18H,3,5,8-9,11-12H2,1-2H3,(H,27,28). The van der Waals surface area contributed by atoms with Crippen LogP contribution in [0.2, 0.25) is 0 Å². The number of ether oxygens (including phenoxy) is 2. The van der Waals surface area contributed by atoms with E-state index in [1.54, 1.807) is 6.92 Å². The number of carboxylic acid groups (broad SMARTS) is 1. The lowest BCUT2D eigenvalue weighted by Crippen LogP contribution is -2.29. The molecule has 1 aromatic heterocycles. The zero-order valence-electron chi connectivity index (χ0n) is 17.4. The van der Waals surface area contributed by atoms with Gasteiger partial charge in [-0.05, 0) is 57.2 Å². The van der Waals surface area contributed by atoms with E-state index >= 15 is 0 Å². The molecule has 1 fully saturated rings. The number of oxazole rings is 1. The number of alkyl halides is 3. The van der Waals surface area contributed by atoms with Crippen molar-refractivity contribution in [2.45, 2.75) is 64.5 Å². The van der Waals surface area contributed by atoms with Crippen LogP contribution in [-0.4, -0.2) is 34.9 Å². The van der Waals surface area contributed by atoms with Gasteiger partial charge in [-0.2, -0.15) is 13.2 Å². The second-order valence-corrected chi connectivity index (χ2v) is 7.88. The van der Waals surface area contributed by atoms with Crippen molar-refractivity contribution in [3.63, 3.8) is 0 Å². The third-order valence-corrected chi connectivity index (χ3v) is 5.45. The SMILES string of the molecule is Cc1oc(-c2cccc(C(F)(F)F)c2)nc1COC1CCCC(COC(C)C(=O)O)C1. The van der Waals surface area contributed by atoms with Crippen molar-refractivity contribution in [1.82, 2.24) is 4.98 Å². The number of carboxylic acids is 1. The van der Waals surface area contributed by atoms with Crippen LogP contribution in [0.1, 0.15) is 49.6 Å². The molecule has 9 heteroatoms. The lowest BCUT2D eigenvalue weighted by atomic mass is 9.87. The average Bonchev–Trinajstić information content (AvgIpc) is 3.11. The van der Waals surface area contributed by atoms with E-state index in [4.69, 9.17) is 19.0 Å². The molecule has 3 unspecified atom stereocenters. The van der Waals surface area contributed by atoms with E-state index in [-0.39, 0.29) is 30.1 Å². The molecule has 1 aliphatic rings. The highest BCUT2D eigenvalue weighted by Gasteiger charge is 2.31. The van der Waals surface area contributed by atoms with Crippen molar-refractivity contribution in [3.05, 3.63) is 41.3 Å². The Balaban J connectivity index is 1.58. The fourth-order valence-electron chi connectivity index (χ4n) is 3.61. The van der Waals surface area contributed by atoms with Gasteiger partial charge in [-0.1, -0.05) is 12.5 Å². The first kappa shape index (κ1) is 23.3. The molecule has 3 rings (SSSR count). The summed E-state index contributed by atoms with van der Waals surface area (Å²) in [4.78, 5) is 15.2. The molecule has 170 valence electrons. The van der Waals surface area contributed by atoms with Gasteiger partial charge in [0.05, 0.1) is 24.9 Å². The van der Waals surface area contributed by atoms with E-state index in [9.17, 15) is 18.0 Å². The number of aromatic nitrogens is 1. The highest BCUT2D eigenvalue weighted by Crippen LogP contribution is 2.33. The second kappa shape index (κ2) is 9.82. The molecule has 3 atom stereocenters. The van der Waals surface area contributed by atoms with Gasteiger partial charge in [0.2, 0.25) is 5.89 Å². The minimum atomic E-state index is -4.44. The molecule has 0 spiro atoms. The van der Waals surface area contributed by atoms with Gasteiger partial charge in [0.25, 0.3) is 0 Å². The van der Waals surface area contributed by atoms with Crippen LogP contribution in [-0.2, 0) is 27.1 Å². The van der Waals surface area contributed by atoms with Crippen molar-refractivity contribution in [1.29, 1.82) is 0 Å². The highest BCUT2D eigenvalue weighted by molar-refractivity contribution is 5.71. The molecule has 1 saturated carbocycles. The van der Waals surface area contributed by atoms with Gasteiger partial charge < -0.3 is 19.0 Å². The van der Waals surface area contributed by atoms with Crippen molar-refractivity contribution in [2.24, 2.45) is 5.92 Å². The van der Waals surface area contributed by atoms with Crippen molar-refractivity contribution >= 4 is 5.97 Å².